The second-order valence-electron chi connectivity index (χ2n) is 4.69. The van der Waals surface area contributed by atoms with Crippen LogP contribution in [0.15, 0.2) is 60.0 Å². The van der Waals surface area contributed by atoms with Crippen molar-refractivity contribution in [3.05, 3.63) is 65.6 Å². The number of benzene rings is 1. The Bertz CT molecular complexity index is 713. The Kier molecular flexibility index (Phi) is 3.86. The molecule has 0 fully saturated rings. The largest absolute Gasteiger partial charge is 0.143 e. The molecule has 0 unspecified atom stereocenters. The van der Waals surface area contributed by atoms with Crippen molar-refractivity contribution in [1.82, 2.24) is 0 Å². The molecule has 1 aromatic carbocycles. The molecule has 0 saturated heterocycles. The van der Waals surface area contributed by atoms with Crippen molar-refractivity contribution in [1.29, 1.82) is 0 Å². The molecule has 0 nitrogen and oxygen atoms in total. The van der Waals surface area contributed by atoms with Gasteiger partial charge in [0.15, 0.2) is 0 Å². The van der Waals surface area contributed by atoms with E-state index in [2.05, 4.69) is 73.8 Å². The van der Waals surface area contributed by atoms with E-state index in [-0.39, 0.29) is 0 Å². The van der Waals surface area contributed by atoms with E-state index in [1.807, 2.05) is 11.3 Å². The minimum atomic E-state index is 1.30. The standard InChI is InChI=1S/C18H16S2/c1-3-13(2)14-6-8-15(9-7-14)16-10-11-18(20-16)17-5-4-12-19-17/h3-12H,1-2H3/b13-3+. The van der Waals surface area contributed by atoms with E-state index in [0.717, 1.165) is 0 Å². The fourth-order valence-electron chi connectivity index (χ4n) is 2.11. The Morgan fingerprint density at radius 1 is 0.900 bits per heavy atom. The molecule has 0 radical (unpaired) electrons. The second kappa shape index (κ2) is 5.78. The van der Waals surface area contributed by atoms with Crippen LogP contribution in [0.25, 0.3) is 25.8 Å². The molecule has 3 rings (SSSR count). The zero-order valence-electron chi connectivity index (χ0n) is 11.6. The van der Waals surface area contributed by atoms with Gasteiger partial charge >= 0.3 is 0 Å². The highest BCUT2D eigenvalue weighted by Gasteiger charge is 2.06. The molecule has 2 aromatic heterocycles. The molecular weight excluding hydrogens is 280 g/mol. The minimum absolute atomic E-state index is 1.30. The second-order valence-corrected chi connectivity index (χ2v) is 6.72. The fourth-order valence-corrected chi connectivity index (χ4v) is 3.95. The first-order valence-corrected chi connectivity index (χ1v) is 8.35. The van der Waals surface area contributed by atoms with Crippen molar-refractivity contribution >= 4 is 28.2 Å². The normalized spacial score (nSPS) is 11.8. The van der Waals surface area contributed by atoms with Crippen LogP contribution in [0, 0.1) is 0 Å². The third-order valence-corrected chi connectivity index (χ3v) is 5.63. The molecule has 0 bridgehead atoms. The van der Waals surface area contributed by atoms with Crippen LogP contribution >= 0.6 is 22.7 Å². The summed E-state index contributed by atoms with van der Waals surface area (Å²) in [6.45, 7) is 4.23. The van der Waals surface area contributed by atoms with E-state index in [1.165, 1.54) is 31.3 Å². The molecule has 0 aliphatic carbocycles. The zero-order valence-corrected chi connectivity index (χ0v) is 13.2. The summed E-state index contributed by atoms with van der Waals surface area (Å²) in [5.74, 6) is 0. The Labute approximate surface area is 128 Å². The molecule has 20 heavy (non-hydrogen) atoms. The van der Waals surface area contributed by atoms with Crippen molar-refractivity contribution < 1.29 is 0 Å². The van der Waals surface area contributed by atoms with Crippen LogP contribution in [0.1, 0.15) is 19.4 Å². The topological polar surface area (TPSA) is 0 Å². The smallest absolute Gasteiger partial charge is 0.0449 e. The molecular formula is C18H16S2. The summed E-state index contributed by atoms with van der Waals surface area (Å²) in [5.41, 5.74) is 3.92. The first-order valence-electron chi connectivity index (χ1n) is 6.65. The van der Waals surface area contributed by atoms with Crippen LogP contribution in [0.4, 0.5) is 0 Å². The lowest BCUT2D eigenvalue weighted by Gasteiger charge is -2.02. The van der Waals surface area contributed by atoms with E-state index < -0.39 is 0 Å². The van der Waals surface area contributed by atoms with E-state index in [4.69, 9.17) is 0 Å². The predicted molar refractivity (Wildman–Crippen MR) is 92.4 cm³/mol. The van der Waals surface area contributed by atoms with Crippen molar-refractivity contribution in [2.45, 2.75) is 13.8 Å². The monoisotopic (exact) mass is 296 g/mol. The first-order chi connectivity index (χ1) is 9.78. The lowest BCUT2D eigenvalue weighted by atomic mass is 10.0. The van der Waals surface area contributed by atoms with Gasteiger partial charge in [-0.15, -0.1) is 22.7 Å². The Morgan fingerprint density at radius 3 is 2.30 bits per heavy atom. The first kappa shape index (κ1) is 13.3. The molecule has 2 heteroatoms. The number of hydrogen-bond acceptors (Lipinski definition) is 2. The maximum absolute atomic E-state index is 2.22. The molecule has 0 saturated carbocycles. The van der Waals surface area contributed by atoms with E-state index in [9.17, 15) is 0 Å². The van der Waals surface area contributed by atoms with E-state index in [0.29, 0.717) is 0 Å². The molecule has 2 heterocycles. The average Bonchev–Trinajstić information content (AvgIpc) is 3.17. The van der Waals surface area contributed by atoms with Crippen LogP contribution in [0.3, 0.4) is 0 Å². The van der Waals surface area contributed by atoms with Crippen LogP contribution in [0.5, 0.6) is 0 Å². The Balaban J connectivity index is 1.90. The molecule has 0 aliphatic heterocycles. The summed E-state index contributed by atoms with van der Waals surface area (Å²) < 4.78 is 0. The summed E-state index contributed by atoms with van der Waals surface area (Å²) >= 11 is 3.66. The van der Waals surface area contributed by atoms with Crippen molar-refractivity contribution in [2.24, 2.45) is 0 Å². The summed E-state index contributed by atoms with van der Waals surface area (Å²) in [6.07, 6.45) is 2.15. The highest BCUT2D eigenvalue weighted by molar-refractivity contribution is 7.23. The average molecular weight is 296 g/mol. The Morgan fingerprint density at radius 2 is 1.65 bits per heavy atom. The van der Waals surface area contributed by atoms with Gasteiger partial charge in [-0.25, -0.2) is 0 Å². The zero-order chi connectivity index (χ0) is 13.9. The van der Waals surface area contributed by atoms with Gasteiger partial charge in [-0.05, 0) is 54.1 Å². The van der Waals surface area contributed by atoms with Gasteiger partial charge in [-0.3, -0.25) is 0 Å². The lowest BCUT2D eigenvalue weighted by Crippen LogP contribution is -1.79. The minimum Gasteiger partial charge on any atom is -0.143 e. The van der Waals surface area contributed by atoms with E-state index >= 15 is 0 Å². The molecule has 0 amide bonds. The highest BCUT2D eigenvalue weighted by atomic mass is 32.1. The predicted octanol–water partition coefficient (Wildman–Crippen LogP) is 6.57. The fraction of sp³-hybridized carbons (Fsp3) is 0.111. The van der Waals surface area contributed by atoms with Crippen molar-refractivity contribution in [3.63, 3.8) is 0 Å². The Hall–Kier alpha value is -1.64. The number of allylic oxidation sites excluding steroid dienone is 2. The van der Waals surface area contributed by atoms with Gasteiger partial charge in [0.1, 0.15) is 0 Å². The molecule has 0 aliphatic rings. The van der Waals surface area contributed by atoms with Gasteiger partial charge in [-0.1, -0.05) is 36.4 Å². The van der Waals surface area contributed by atoms with Gasteiger partial charge in [0.2, 0.25) is 0 Å². The number of hydrogen-bond donors (Lipinski definition) is 0. The van der Waals surface area contributed by atoms with Crippen LogP contribution in [-0.4, -0.2) is 0 Å². The molecule has 3 aromatic rings. The maximum Gasteiger partial charge on any atom is 0.0449 e. The molecule has 100 valence electrons. The third-order valence-electron chi connectivity index (χ3n) is 3.43. The summed E-state index contributed by atoms with van der Waals surface area (Å²) in [6, 6.07) is 17.6. The van der Waals surface area contributed by atoms with Crippen molar-refractivity contribution in [3.8, 4) is 20.2 Å². The van der Waals surface area contributed by atoms with Gasteiger partial charge in [0.05, 0.1) is 0 Å². The number of rotatable bonds is 3. The molecule has 0 atom stereocenters. The van der Waals surface area contributed by atoms with Gasteiger partial charge in [-0.2, -0.15) is 0 Å². The van der Waals surface area contributed by atoms with Crippen molar-refractivity contribution in [2.75, 3.05) is 0 Å². The third kappa shape index (κ3) is 2.62. The summed E-state index contributed by atoms with van der Waals surface area (Å²) in [4.78, 5) is 4.03. The van der Waals surface area contributed by atoms with Gasteiger partial charge < -0.3 is 0 Å². The van der Waals surface area contributed by atoms with Gasteiger partial charge in [0.25, 0.3) is 0 Å². The highest BCUT2D eigenvalue weighted by Crippen LogP contribution is 2.36. The molecule has 0 N–H and O–H groups in total. The van der Waals surface area contributed by atoms with E-state index in [1.54, 1.807) is 11.3 Å². The van der Waals surface area contributed by atoms with Crippen LogP contribution in [0.2, 0.25) is 0 Å². The van der Waals surface area contributed by atoms with Gasteiger partial charge in [0, 0.05) is 14.6 Å². The number of thiophene rings is 2. The lowest BCUT2D eigenvalue weighted by molar-refractivity contribution is 1.54. The maximum atomic E-state index is 2.22. The van der Waals surface area contributed by atoms with Crippen LogP contribution in [-0.2, 0) is 0 Å². The summed E-state index contributed by atoms with van der Waals surface area (Å²) in [5, 5.41) is 2.13. The quantitative estimate of drug-likeness (QED) is 0.513. The van der Waals surface area contributed by atoms with Crippen LogP contribution < -0.4 is 0 Å². The summed E-state index contributed by atoms with van der Waals surface area (Å²) in [7, 11) is 0. The SMILES string of the molecule is C/C=C(\C)c1ccc(-c2ccc(-c3cccs3)s2)cc1. The molecule has 0 spiro atoms.